The number of hydrogen-bond donors (Lipinski definition) is 1. The summed E-state index contributed by atoms with van der Waals surface area (Å²) in [6, 6.07) is 16.7. The predicted octanol–water partition coefficient (Wildman–Crippen LogP) is 4.98. The van der Waals surface area contributed by atoms with Gasteiger partial charge in [0.05, 0.1) is 11.7 Å². The summed E-state index contributed by atoms with van der Waals surface area (Å²) in [7, 11) is 2.10. The molecule has 0 amide bonds. The molecule has 4 nitrogen and oxygen atoms in total. The Labute approximate surface area is 173 Å². The molecule has 1 aromatic carbocycles. The van der Waals surface area contributed by atoms with Gasteiger partial charge in [0.1, 0.15) is 6.04 Å². The molecule has 1 saturated heterocycles. The fraction of sp³-hybridized carbons (Fsp3) is 0.238. The molecule has 1 aliphatic rings. The average Bonchev–Trinajstić information content (AvgIpc) is 3.18. The van der Waals surface area contributed by atoms with E-state index in [4.69, 9.17) is 12.2 Å². The van der Waals surface area contributed by atoms with Gasteiger partial charge in [0, 0.05) is 34.8 Å². The first kappa shape index (κ1) is 18.2. The number of benzene rings is 1. The van der Waals surface area contributed by atoms with Gasteiger partial charge in [0.25, 0.3) is 0 Å². The maximum atomic E-state index is 5.77. The molecular formula is C21H21BrN4S. The van der Waals surface area contributed by atoms with Gasteiger partial charge in [0.15, 0.2) is 5.11 Å². The van der Waals surface area contributed by atoms with Crippen LogP contribution in [0.5, 0.6) is 0 Å². The summed E-state index contributed by atoms with van der Waals surface area (Å²) in [6.07, 6.45) is 1.83. The van der Waals surface area contributed by atoms with E-state index in [1.165, 1.54) is 17.0 Å². The lowest BCUT2D eigenvalue weighted by Crippen LogP contribution is -2.30. The third-order valence-corrected chi connectivity index (χ3v) is 6.44. The minimum atomic E-state index is -0.0179. The van der Waals surface area contributed by atoms with Crippen molar-refractivity contribution >= 4 is 38.9 Å². The zero-order valence-electron chi connectivity index (χ0n) is 15.5. The summed E-state index contributed by atoms with van der Waals surface area (Å²) in [5.41, 5.74) is 5.67. The number of halogens is 1. The first-order valence-corrected chi connectivity index (χ1v) is 10.1. The Balaban J connectivity index is 1.87. The molecule has 27 heavy (non-hydrogen) atoms. The Morgan fingerprint density at radius 3 is 2.56 bits per heavy atom. The van der Waals surface area contributed by atoms with Crippen molar-refractivity contribution in [2.45, 2.75) is 25.9 Å². The van der Waals surface area contributed by atoms with Crippen molar-refractivity contribution in [3.8, 4) is 0 Å². The molecule has 2 atom stereocenters. The smallest absolute Gasteiger partial charge is 0.174 e. The number of aromatic nitrogens is 2. The lowest BCUT2D eigenvalue weighted by molar-refractivity contribution is 0.539. The number of nitrogens with one attached hydrogen (secondary N) is 1. The van der Waals surface area contributed by atoms with Gasteiger partial charge < -0.3 is 14.8 Å². The van der Waals surface area contributed by atoms with E-state index in [1.54, 1.807) is 0 Å². The Bertz CT molecular complexity index is 999. The fourth-order valence-electron chi connectivity index (χ4n) is 3.64. The van der Waals surface area contributed by atoms with Gasteiger partial charge in [-0.3, -0.25) is 4.98 Å². The largest absolute Gasteiger partial charge is 0.351 e. The quantitative estimate of drug-likeness (QED) is 0.582. The maximum Gasteiger partial charge on any atom is 0.174 e. The van der Waals surface area contributed by atoms with E-state index < -0.39 is 0 Å². The van der Waals surface area contributed by atoms with E-state index in [2.05, 4.69) is 93.0 Å². The fourth-order valence-corrected chi connectivity index (χ4v) is 4.23. The molecule has 138 valence electrons. The number of nitrogens with zero attached hydrogens (tertiary/aromatic N) is 3. The summed E-state index contributed by atoms with van der Waals surface area (Å²) >= 11 is 9.36. The first-order chi connectivity index (χ1) is 13.0. The van der Waals surface area contributed by atoms with Crippen molar-refractivity contribution in [2.75, 3.05) is 4.90 Å². The third-order valence-electron chi connectivity index (χ3n) is 5.23. The second-order valence-electron chi connectivity index (χ2n) is 6.89. The van der Waals surface area contributed by atoms with Crippen molar-refractivity contribution in [1.82, 2.24) is 14.9 Å². The normalized spacial score (nSPS) is 19.4. The highest BCUT2D eigenvalue weighted by molar-refractivity contribution is 9.10. The molecule has 0 aliphatic carbocycles. The zero-order chi connectivity index (χ0) is 19.1. The lowest BCUT2D eigenvalue weighted by atomic mass is 10.0. The van der Waals surface area contributed by atoms with Crippen molar-refractivity contribution in [1.29, 1.82) is 0 Å². The van der Waals surface area contributed by atoms with Gasteiger partial charge >= 0.3 is 0 Å². The highest BCUT2D eigenvalue weighted by Crippen LogP contribution is 2.42. The summed E-state index contributed by atoms with van der Waals surface area (Å²) < 4.78 is 3.33. The van der Waals surface area contributed by atoms with Crippen LogP contribution in [-0.4, -0.2) is 14.7 Å². The van der Waals surface area contributed by atoms with Gasteiger partial charge in [0.2, 0.25) is 0 Å². The SMILES string of the molecule is Cc1cc(N2C(=S)NC(c3ccccn3)C2c2ccc(C)n2C)ccc1Br. The molecule has 0 radical (unpaired) electrons. The Morgan fingerprint density at radius 2 is 1.93 bits per heavy atom. The van der Waals surface area contributed by atoms with Crippen LogP contribution in [0.25, 0.3) is 0 Å². The van der Waals surface area contributed by atoms with E-state index in [9.17, 15) is 0 Å². The Morgan fingerprint density at radius 1 is 1.11 bits per heavy atom. The van der Waals surface area contributed by atoms with Crippen LogP contribution in [0.1, 0.15) is 34.7 Å². The van der Waals surface area contributed by atoms with E-state index in [0.29, 0.717) is 0 Å². The van der Waals surface area contributed by atoms with Gasteiger partial charge in [-0.2, -0.15) is 0 Å². The molecule has 0 bridgehead atoms. The molecule has 6 heteroatoms. The van der Waals surface area contributed by atoms with Crippen molar-refractivity contribution in [3.05, 3.63) is 81.8 Å². The molecule has 0 saturated carbocycles. The molecule has 1 fully saturated rings. The molecule has 4 rings (SSSR count). The number of rotatable bonds is 3. The van der Waals surface area contributed by atoms with Crippen molar-refractivity contribution in [3.63, 3.8) is 0 Å². The van der Waals surface area contributed by atoms with Crippen LogP contribution in [0.2, 0.25) is 0 Å². The molecular weight excluding hydrogens is 420 g/mol. The first-order valence-electron chi connectivity index (χ1n) is 8.86. The standard InChI is InChI=1S/C21H21BrN4S/c1-13-12-15(8-9-16(13)22)26-20(18-10-7-14(2)25(18)3)19(24-21(26)27)17-6-4-5-11-23-17/h4-12,19-20H,1-3H3,(H,24,27). The Hall–Kier alpha value is -2.18. The second-order valence-corrected chi connectivity index (χ2v) is 8.13. The molecule has 1 aliphatic heterocycles. The van der Waals surface area contributed by atoms with Gasteiger partial charge in [-0.15, -0.1) is 0 Å². The molecule has 2 unspecified atom stereocenters. The minimum Gasteiger partial charge on any atom is -0.351 e. The van der Waals surface area contributed by atoms with Crippen LogP contribution in [0, 0.1) is 13.8 Å². The number of pyridine rings is 1. The minimum absolute atomic E-state index is 0.0179. The summed E-state index contributed by atoms with van der Waals surface area (Å²) in [5, 5.41) is 4.23. The highest BCUT2D eigenvalue weighted by Gasteiger charge is 2.42. The van der Waals surface area contributed by atoms with Crippen LogP contribution in [0.4, 0.5) is 5.69 Å². The number of hydrogen-bond acceptors (Lipinski definition) is 2. The van der Waals surface area contributed by atoms with E-state index >= 15 is 0 Å². The van der Waals surface area contributed by atoms with Crippen LogP contribution in [0.3, 0.4) is 0 Å². The maximum absolute atomic E-state index is 5.77. The van der Waals surface area contributed by atoms with Crippen LogP contribution < -0.4 is 10.2 Å². The van der Waals surface area contributed by atoms with Gasteiger partial charge in [-0.25, -0.2) is 0 Å². The number of thiocarbonyl (C=S) groups is 1. The topological polar surface area (TPSA) is 33.1 Å². The highest BCUT2D eigenvalue weighted by atomic mass is 79.9. The molecule has 3 aromatic rings. The molecule has 3 heterocycles. The summed E-state index contributed by atoms with van der Waals surface area (Å²) in [6.45, 7) is 4.21. The molecule has 1 N–H and O–H groups in total. The van der Waals surface area contributed by atoms with E-state index in [1.807, 2.05) is 18.3 Å². The third kappa shape index (κ3) is 3.17. The lowest BCUT2D eigenvalue weighted by Gasteiger charge is -2.29. The zero-order valence-corrected chi connectivity index (χ0v) is 17.9. The summed E-state index contributed by atoms with van der Waals surface area (Å²) in [4.78, 5) is 6.81. The average molecular weight is 441 g/mol. The van der Waals surface area contributed by atoms with Crippen LogP contribution >= 0.6 is 28.1 Å². The second kappa shape index (κ2) is 7.09. The summed E-state index contributed by atoms with van der Waals surface area (Å²) in [5.74, 6) is 0. The van der Waals surface area contributed by atoms with Gasteiger partial charge in [-0.1, -0.05) is 22.0 Å². The Kier molecular flexibility index (Phi) is 4.78. The number of aryl methyl sites for hydroxylation is 2. The monoisotopic (exact) mass is 440 g/mol. The molecule has 2 aromatic heterocycles. The molecule has 0 spiro atoms. The van der Waals surface area contributed by atoms with E-state index in [-0.39, 0.29) is 12.1 Å². The predicted molar refractivity (Wildman–Crippen MR) is 117 cm³/mol. The number of anilines is 1. The van der Waals surface area contributed by atoms with Crippen LogP contribution in [-0.2, 0) is 7.05 Å². The van der Waals surface area contributed by atoms with Gasteiger partial charge in [-0.05, 0) is 74.1 Å². The van der Waals surface area contributed by atoms with Crippen molar-refractivity contribution < 1.29 is 0 Å². The van der Waals surface area contributed by atoms with Crippen molar-refractivity contribution in [2.24, 2.45) is 7.05 Å². The van der Waals surface area contributed by atoms with Crippen LogP contribution in [0.15, 0.2) is 59.2 Å². The van der Waals surface area contributed by atoms with E-state index in [0.717, 1.165) is 21.0 Å².